The van der Waals surface area contributed by atoms with Crippen LogP contribution in [-0.4, -0.2) is 42.8 Å². The van der Waals surface area contributed by atoms with Crippen LogP contribution in [0.15, 0.2) is 18.2 Å². The van der Waals surface area contributed by atoms with Crippen molar-refractivity contribution in [3.63, 3.8) is 0 Å². The second-order valence-corrected chi connectivity index (χ2v) is 6.52. The minimum absolute atomic E-state index is 0.0107. The van der Waals surface area contributed by atoms with E-state index in [-0.39, 0.29) is 31.6 Å². The van der Waals surface area contributed by atoms with Crippen LogP contribution in [0.25, 0.3) is 0 Å². The molecule has 1 aromatic rings. The van der Waals surface area contributed by atoms with Gasteiger partial charge in [-0.2, -0.15) is 26.3 Å². The van der Waals surface area contributed by atoms with Crippen molar-refractivity contribution >= 4 is 29.3 Å². The van der Waals surface area contributed by atoms with E-state index in [9.17, 15) is 35.9 Å². The van der Waals surface area contributed by atoms with Gasteiger partial charge >= 0.3 is 18.4 Å². The molecule has 5 nitrogen and oxygen atoms in total. The Labute approximate surface area is 160 Å². The van der Waals surface area contributed by atoms with Crippen molar-refractivity contribution in [1.29, 1.82) is 0 Å². The maximum Gasteiger partial charge on any atom is 0.422 e. The lowest BCUT2D eigenvalue weighted by atomic mass is 9.96. The minimum Gasteiger partial charge on any atom is -0.440 e. The third-order valence-corrected chi connectivity index (χ3v) is 4.35. The molecule has 1 heterocycles. The fourth-order valence-corrected chi connectivity index (χ4v) is 2.85. The maximum absolute atomic E-state index is 12.9. The van der Waals surface area contributed by atoms with Crippen molar-refractivity contribution in [3.05, 3.63) is 28.8 Å². The molecule has 0 aromatic heterocycles. The number of piperidine rings is 1. The second kappa shape index (κ2) is 8.46. The van der Waals surface area contributed by atoms with E-state index >= 15 is 0 Å². The molecule has 0 unspecified atom stereocenters. The topological polar surface area (TPSA) is 58.6 Å². The molecule has 28 heavy (non-hydrogen) atoms. The molecular formula is C16H15ClF6N2O3. The fraction of sp³-hybridized carbons (Fsp3) is 0.500. The van der Waals surface area contributed by atoms with Gasteiger partial charge in [-0.15, -0.1) is 0 Å². The highest BCUT2D eigenvalue weighted by atomic mass is 35.5. The molecule has 1 fully saturated rings. The van der Waals surface area contributed by atoms with Crippen LogP contribution in [0.3, 0.4) is 0 Å². The molecule has 1 aliphatic rings. The Bertz CT molecular complexity index is 730. The van der Waals surface area contributed by atoms with E-state index in [1.807, 2.05) is 0 Å². The van der Waals surface area contributed by atoms with Crippen molar-refractivity contribution in [2.24, 2.45) is 5.92 Å². The van der Waals surface area contributed by atoms with E-state index < -0.39 is 47.5 Å². The number of carbonyl (C=O) groups excluding carboxylic acids is 2. The molecule has 12 heteroatoms. The van der Waals surface area contributed by atoms with E-state index in [0.29, 0.717) is 6.07 Å². The maximum atomic E-state index is 12.9. The third kappa shape index (κ3) is 6.18. The summed E-state index contributed by atoms with van der Waals surface area (Å²) < 4.78 is 78.9. The minimum atomic E-state index is -4.68. The lowest BCUT2D eigenvalue weighted by Crippen LogP contribution is -2.42. The van der Waals surface area contributed by atoms with Gasteiger partial charge in [0, 0.05) is 24.7 Å². The molecular weight excluding hydrogens is 418 g/mol. The zero-order valence-electron chi connectivity index (χ0n) is 14.2. The lowest BCUT2D eigenvalue weighted by Gasteiger charge is -2.30. The van der Waals surface area contributed by atoms with Crippen LogP contribution in [-0.2, 0) is 15.7 Å². The summed E-state index contributed by atoms with van der Waals surface area (Å²) in [5.41, 5.74) is -1.18. The highest BCUT2D eigenvalue weighted by Crippen LogP contribution is 2.36. The first-order chi connectivity index (χ1) is 12.9. The van der Waals surface area contributed by atoms with Crippen LogP contribution < -0.4 is 5.32 Å². The summed E-state index contributed by atoms with van der Waals surface area (Å²) in [6.07, 6.45) is -10.2. The van der Waals surface area contributed by atoms with Crippen LogP contribution in [0, 0.1) is 5.92 Å². The molecule has 156 valence electrons. The number of anilines is 1. The quantitative estimate of drug-likeness (QED) is 0.704. The van der Waals surface area contributed by atoms with E-state index in [1.54, 1.807) is 0 Å². The van der Waals surface area contributed by atoms with Gasteiger partial charge in [-0.25, -0.2) is 4.79 Å². The molecule has 1 aliphatic heterocycles. The van der Waals surface area contributed by atoms with Crippen LogP contribution >= 0.6 is 11.6 Å². The third-order valence-electron chi connectivity index (χ3n) is 4.02. The normalized spacial score (nSPS) is 16.0. The smallest absolute Gasteiger partial charge is 0.422 e. The lowest BCUT2D eigenvalue weighted by molar-refractivity contribution is -0.162. The van der Waals surface area contributed by atoms with Crippen molar-refractivity contribution < 1.29 is 40.7 Å². The number of alkyl halides is 6. The highest BCUT2D eigenvalue weighted by molar-refractivity contribution is 6.31. The molecule has 0 aliphatic carbocycles. The van der Waals surface area contributed by atoms with Crippen LogP contribution in [0.1, 0.15) is 18.4 Å². The van der Waals surface area contributed by atoms with Gasteiger partial charge in [-0.1, -0.05) is 11.6 Å². The number of benzene rings is 1. The van der Waals surface area contributed by atoms with Gasteiger partial charge in [-0.05, 0) is 31.0 Å². The van der Waals surface area contributed by atoms with Gasteiger partial charge in [-0.3, -0.25) is 4.79 Å². The van der Waals surface area contributed by atoms with Gasteiger partial charge < -0.3 is 15.0 Å². The van der Waals surface area contributed by atoms with Crippen molar-refractivity contribution in [1.82, 2.24) is 4.90 Å². The number of nitrogens with zero attached hydrogens (tertiary/aromatic N) is 1. The number of rotatable bonds is 3. The molecule has 2 amide bonds. The molecule has 0 atom stereocenters. The number of halogens is 7. The molecule has 0 spiro atoms. The Morgan fingerprint density at radius 1 is 1.14 bits per heavy atom. The number of nitrogens with one attached hydrogen (secondary N) is 1. The largest absolute Gasteiger partial charge is 0.440 e. The van der Waals surface area contributed by atoms with Gasteiger partial charge in [0.2, 0.25) is 5.91 Å². The summed E-state index contributed by atoms with van der Waals surface area (Å²) in [4.78, 5) is 24.8. The van der Waals surface area contributed by atoms with E-state index in [1.165, 1.54) is 6.07 Å². The van der Waals surface area contributed by atoms with Crippen molar-refractivity contribution in [2.45, 2.75) is 25.2 Å². The van der Waals surface area contributed by atoms with Crippen LogP contribution in [0.2, 0.25) is 5.02 Å². The fourth-order valence-electron chi connectivity index (χ4n) is 2.62. The Balaban J connectivity index is 1.90. The van der Waals surface area contributed by atoms with Crippen molar-refractivity contribution in [2.75, 3.05) is 25.0 Å². The standard InChI is InChI=1S/C16H15ClF6N2O3/c17-12-2-1-10(7-11(12)16(21,22)23)24-13(26)9-3-5-25(6-4-9)14(27)28-8-15(18,19)20/h1-2,7,9H,3-6,8H2,(H,24,26). The summed E-state index contributed by atoms with van der Waals surface area (Å²) >= 11 is 5.51. The average Bonchev–Trinajstić information content (AvgIpc) is 2.60. The summed E-state index contributed by atoms with van der Waals surface area (Å²) in [6, 6.07) is 2.95. The number of amides is 2. The molecule has 1 aromatic carbocycles. The predicted octanol–water partition coefficient (Wildman–Crippen LogP) is 4.71. The Morgan fingerprint density at radius 3 is 2.29 bits per heavy atom. The number of carbonyl (C=O) groups is 2. The number of likely N-dealkylation sites (tertiary alicyclic amines) is 1. The van der Waals surface area contributed by atoms with Gasteiger partial charge in [0.15, 0.2) is 6.61 Å². The number of hydrogen-bond donors (Lipinski definition) is 1. The average molecular weight is 433 g/mol. The first-order valence-electron chi connectivity index (χ1n) is 8.03. The highest BCUT2D eigenvalue weighted by Gasteiger charge is 2.35. The Morgan fingerprint density at radius 2 is 1.75 bits per heavy atom. The summed E-state index contributed by atoms with van der Waals surface area (Å²) in [5.74, 6) is -1.17. The van der Waals surface area contributed by atoms with E-state index in [0.717, 1.165) is 11.0 Å². The monoisotopic (exact) mass is 432 g/mol. The Kier molecular flexibility index (Phi) is 6.68. The first-order valence-corrected chi connectivity index (χ1v) is 8.40. The SMILES string of the molecule is O=C(Nc1ccc(Cl)c(C(F)(F)F)c1)C1CCN(C(=O)OCC(F)(F)F)CC1. The van der Waals surface area contributed by atoms with Gasteiger partial charge in [0.25, 0.3) is 0 Å². The molecule has 1 saturated heterocycles. The second-order valence-electron chi connectivity index (χ2n) is 6.11. The molecule has 2 rings (SSSR count). The predicted molar refractivity (Wildman–Crippen MR) is 86.8 cm³/mol. The summed E-state index contributed by atoms with van der Waals surface area (Å²) in [7, 11) is 0. The zero-order valence-corrected chi connectivity index (χ0v) is 14.9. The first kappa shape index (κ1) is 22.1. The Hall–Kier alpha value is -2.17. The van der Waals surface area contributed by atoms with Crippen LogP contribution in [0.4, 0.5) is 36.8 Å². The molecule has 0 radical (unpaired) electrons. The zero-order chi connectivity index (χ0) is 21.1. The summed E-state index contributed by atoms with van der Waals surface area (Å²) in [6.45, 7) is -1.73. The van der Waals surface area contributed by atoms with Crippen LogP contribution in [0.5, 0.6) is 0 Å². The van der Waals surface area contributed by atoms with E-state index in [2.05, 4.69) is 10.1 Å². The van der Waals surface area contributed by atoms with Gasteiger partial charge in [0.1, 0.15) is 0 Å². The number of ether oxygens (including phenoxy) is 1. The van der Waals surface area contributed by atoms with Gasteiger partial charge in [0.05, 0.1) is 10.6 Å². The summed E-state index contributed by atoms with van der Waals surface area (Å²) in [5, 5.41) is 1.86. The molecule has 0 bridgehead atoms. The van der Waals surface area contributed by atoms with E-state index in [4.69, 9.17) is 11.6 Å². The molecule has 1 N–H and O–H groups in total. The number of hydrogen-bond acceptors (Lipinski definition) is 3. The molecule has 0 saturated carbocycles. The van der Waals surface area contributed by atoms with Crippen molar-refractivity contribution in [3.8, 4) is 0 Å².